The Morgan fingerprint density at radius 1 is 0.947 bits per heavy atom. The molecule has 0 fully saturated rings. The molecule has 2 aromatic rings. The van der Waals surface area contributed by atoms with Crippen LogP contribution in [0.1, 0.15) is 11.1 Å². The fourth-order valence-corrected chi connectivity index (χ4v) is 2.90. The van der Waals surface area contributed by atoms with Crippen LogP contribution in [0.4, 0.5) is 0 Å². The van der Waals surface area contributed by atoms with Crippen LogP contribution in [0.25, 0.3) is 10.6 Å². The Balaban J connectivity index is 2.55. The zero-order valence-electron chi connectivity index (χ0n) is 9.84. The maximum atomic E-state index is 6.42. The maximum absolute atomic E-state index is 6.42. The molecule has 4 heteroatoms. The first kappa shape index (κ1) is 14.7. The number of allylic oxidation sites excluding steroid dienone is 1. The van der Waals surface area contributed by atoms with Gasteiger partial charge in [-0.1, -0.05) is 71.2 Å². The summed E-state index contributed by atoms with van der Waals surface area (Å²) in [5.74, 6) is 0.273. The predicted molar refractivity (Wildman–Crippen MR) is 86.3 cm³/mol. The van der Waals surface area contributed by atoms with E-state index in [0.717, 1.165) is 16.7 Å². The minimum absolute atomic E-state index is 0.273. The monoisotopic (exact) mass is 330 g/mol. The molecule has 0 saturated carbocycles. The van der Waals surface area contributed by atoms with Crippen molar-refractivity contribution in [2.45, 2.75) is 0 Å². The van der Waals surface area contributed by atoms with Crippen molar-refractivity contribution in [1.82, 2.24) is 0 Å². The van der Waals surface area contributed by atoms with Gasteiger partial charge in [-0.2, -0.15) is 0 Å². The Morgan fingerprint density at radius 3 is 2.21 bits per heavy atom. The number of hydrogen-bond donors (Lipinski definition) is 0. The van der Waals surface area contributed by atoms with E-state index in [4.69, 9.17) is 46.4 Å². The minimum Gasteiger partial charge on any atom is -0.121 e. The van der Waals surface area contributed by atoms with E-state index in [1.807, 2.05) is 36.4 Å². The molecule has 0 radical (unpaired) electrons. The van der Waals surface area contributed by atoms with Gasteiger partial charge in [0.05, 0.1) is 5.03 Å². The molecule has 0 unspecified atom stereocenters. The molecular formula is C15H10Cl4. The number of alkyl halides is 1. The van der Waals surface area contributed by atoms with Gasteiger partial charge in [-0.05, 0) is 28.8 Å². The summed E-state index contributed by atoms with van der Waals surface area (Å²) >= 11 is 24.5. The second-order valence-corrected chi connectivity index (χ2v) is 5.41. The highest BCUT2D eigenvalue weighted by Crippen LogP contribution is 2.35. The van der Waals surface area contributed by atoms with Crippen LogP contribution in [0.5, 0.6) is 0 Å². The quantitative estimate of drug-likeness (QED) is 0.454. The zero-order chi connectivity index (χ0) is 13.8. The van der Waals surface area contributed by atoms with Crippen molar-refractivity contribution in [3.05, 3.63) is 69.7 Å². The van der Waals surface area contributed by atoms with Gasteiger partial charge >= 0.3 is 0 Å². The molecule has 0 spiro atoms. The van der Waals surface area contributed by atoms with Gasteiger partial charge in [0, 0.05) is 15.9 Å². The standard InChI is InChI=1S/C15H10Cl4/c16-9-13(12-7-6-11(17)8-14(12)18)15(19)10-4-2-1-3-5-10/h1-8H,9H2. The summed E-state index contributed by atoms with van der Waals surface area (Å²) in [5.41, 5.74) is 2.50. The van der Waals surface area contributed by atoms with Crippen molar-refractivity contribution in [2.24, 2.45) is 0 Å². The third-order valence-corrected chi connectivity index (χ3v) is 3.94. The molecule has 0 aliphatic rings. The fourth-order valence-electron chi connectivity index (χ4n) is 1.74. The highest BCUT2D eigenvalue weighted by molar-refractivity contribution is 6.54. The van der Waals surface area contributed by atoms with E-state index >= 15 is 0 Å². The first-order chi connectivity index (χ1) is 9.13. The van der Waals surface area contributed by atoms with Crippen molar-refractivity contribution in [1.29, 1.82) is 0 Å². The van der Waals surface area contributed by atoms with Crippen LogP contribution >= 0.6 is 46.4 Å². The van der Waals surface area contributed by atoms with Crippen LogP contribution in [0.3, 0.4) is 0 Å². The number of halogens is 4. The van der Waals surface area contributed by atoms with Crippen LogP contribution in [0.15, 0.2) is 48.5 Å². The minimum atomic E-state index is 0.273. The van der Waals surface area contributed by atoms with Crippen LogP contribution in [-0.4, -0.2) is 5.88 Å². The van der Waals surface area contributed by atoms with Gasteiger partial charge in [0.15, 0.2) is 0 Å². The Bertz CT molecular complexity index is 603. The average molecular weight is 332 g/mol. The maximum Gasteiger partial charge on any atom is 0.0529 e. The van der Waals surface area contributed by atoms with Gasteiger partial charge in [-0.3, -0.25) is 0 Å². The summed E-state index contributed by atoms with van der Waals surface area (Å²) in [6, 6.07) is 14.9. The molecule has 2 rings (SSSR count). The van der Waals surface area contributed by atoms with Crippen LogP contribution in [-0.2, 0) is 0 Å². The van der Waals surface area contributed by atoms with E-state index in [0.29, 0.717) is 15.1 Å². The lowest BCUT2D eigenvalue weighted by molar-refractivity contribution is 1.56. The molecule has 0 aliphatic heterocycles. The normalized spacial score (nSPS) is 12.2. The second-order valence-electron chi connectivity index (χ2n) is 3.92. The van der Waals surface area contributed by atoms with E-state index in [-0.39, 0.29) is 5.88 Å². The van der Waals surface area contributed by atoms with Crippen molar-refractivity contribution in [2.75, 3.05) is 5.88 Å². The lowest BCUT2D eigenvalue weighted by Crippen LogP contribution is -1.91. The Kier molecular flexibility index (Phi) is 5.18. The molecular weight excluding hydrogens is 322 g/mol. The Hall–Kier alpha value is -0.660. The molecule has 0 aliphatic carbocycles. The molecule has 2 aromatic carbocycles. The summed E-state index contributed by atoms with van der Waals surface area (Å²) in [6.45, 7) is 0. The van der Waals surface area contributed by atoms with E-state index in [1.54, 1.807) is 12.1 Å². The van der Waals surface area contributed by atoms with Crippen LogP contribution in [0.2, 0.25) is 10.0 Å². The molecule has 0 N–H and O–H groups in total. The van der Waals surface area contributed by atoms with Crippen molar-refractivity contribution >= 4 is 57.0 Å². The summed E-state index contributed by atoms with van der Waals surface area (Å²) in [7, 11) is 0. The van der Waals surface area contributed by atoms with Crippen molar-refractivity contribution < 1.29 is 0 Å². The van der Waals surface area contributed by atoms with Crippen LogP contribution in [0, 0.1) is 0 Å². The highest BCUT2D eigenvalue weighted by Gasteiger charge is 2.12. The van der Waals surface area contributed by atoms with Gasteiger partial charge in [0.25, 0.3) is 0 Å². The van der Waals surface area contributed by atoms with Crippen molar-refractivity contribution in [3.8, 4) is 0 Å². The van der Waals surface area contributed by atoms with E-state index in [2.05, 4.69) is 0 Å². The predicted octanol–water partition coefficient (Wildman–Crippen LogP) is 6.34. The summed E-state index contributed by atoms with van der Waals surface area (Å²) in [4.78, 5) is 0. The molecule has 0 amide bonds. The van der Waals surface area contributed by atoms with Crippen molar-refractivity contribution in [3.63, 3.8) is 0 Å². The van der Waals surface area contributed by atoms with E-state index < -0.39 is 0 Å². The molecule has 19 heavy (non-hydrogen) atoms. The first-order valence-corrected chi connectivity index (χ1v) is 7.25. The average Bonchev–Trinajstić information content (AvgIpc) is 2.42. The third kappa shape index (κ3) is 3.46. The molecule has 0 saturated heterocycles. The smallest absolute Gasteiger partial charge is 0.0529 e. The summed E-state index contributed by atoms with van der Waals surface area (Å²) in [6.07, 6.45) is 0. The third-order valence-electron chi connectivity index (χ3n) is 2.68. The van der Waals surface area contributed by atoms with Crippen LogP contribution < -0.4 is 0 Å². The first-order valence-electron chi connectivity index (χ1n) is 5.59. The zero-order valence-corrected chi connectivity index (χ0v) is 12.9. The van der Waals surface area contributed by atoms with Gasteiger partial charge in [-0.25, -0.2) is 0 Å². The van der Waals surface area contributed by atoms with Gasteiger partial charge < -0.3 is 0 Å². The Labute approximate surface area is 132 Å². The number of hydrogen-bond acceptors (Lipinski definition) is 0. The van der Waals surface area contributed by atoms with Gasteiger partial charge in [0.2, 0.25) is 0 Å². The summed E-state index contributed by atoms with van der Waals surface area (Å²) < 4.78 is 0. The molecule has 0 nitrogen and oxygen atoms in total. The molecule has 0 atom stereocenters. The lowest BCUT2D eigenvalue weighted by atomic mass is 10.0. The molecule has 0 heterocycles. The number of benzene rings is 2. The molecule has 0 bridgehead atoms. The van der Waals surface area contributed by atoms with Gasteiger partial charge in [0.1, 0.15) is 0 Å². The second kappa shape index (κ2) is 6.67. The lowest BCUT2D eigenvalue weighted by Gasteiger charge is -2.11. The van der Waals surface area contributed by atoms with E-state index in [1.165, 1.54) is 0 Å². The SMILES string of the molecule is ClCC(=C(Cl)c1ccccc1)c1ccc(Cl)cc1Cl. The van der Waals surface area contributed by atoms with E-state index in [9.17, 15) is 0 Å². The molecule has 98 valence electrons. The Morgan fingerprint density at radius 2 is 1.63 bits per heavy atom. The summed E-state index contributed by atoms with van der Waals surface area (Å²) in [5, 5.41) is 1.72. The fraction of sp³-hybridized carbons (Fsp3) is 0.0667. The molecule has 0 aromatic heterocycles. The topological polar surface area (TPSA) is 0 Å². The van der Waals surface area contributed by atoms with Gasteiger partial charge in [-0.15, -0.1) is 11.6 Å². The largest absolute Gasteiger partial charge is 0.121 e. The number of rotatable bonds is 3. The highest BCUT2D eigenvalue weighted by atomic mass is 35.5.